The van der Waals surface area contributed by atoms with Crippen LogP contribution in [0.5, 0.6) is 0 Å². The van der Waals surface area contributed by atoms with Crippen LogP contribution in [0.3, 0.4) is 0 Å². The lowest BCUT2D eigenvalue weighted by molar-refractivity contribution is -0.133. The largest absolute Gasteiger partial charge is 0.331 e. The normalized spacial score (nSPS) is 20.3. The number of rotatable bonds is 4. The molecule has 0 bridgehead atoms. The molecular formula is C23H27FN2O. The molecule has 2 aliphatic heterocycles. The molecule has 2 aliphatic rings. The molecule has 1 saturated heterocycles. The van der Waals surface area contributed by atoms with Crippen LogP contribution in [-0.4, -0.2) is 30.4 Å². The fourth-order valence-corrected chi connectivity index (χ4v) is 4.48. The van der Waals surface area contributed by atoms with Crippen LogP contribution in [0.4, 0.5) is 4.39 Å². The fraction of sp³-hybridized carbons (Fsp3) is 0.435. The summed E-state index contributed by atoms with van der Waals surface area (Å²) < 4.78 is 13.4. The Bertz CT molecular complexity index is 783. The third kappa shape index (κ3) is 4.06. The molecule has 0 unspecified atom stereocenters. The highest BCUT2D eigenvalue weighted by Gasteiger charge is 2.32. The maximum absolute atomic E-state index is 13.4. The van der Waals surface area contributed by atoms with Gasteiger partial charge in [0.2, 0.25) is 5.91 Å². The first kappa shape index (κ1) is 18.2. The van der Waals surface area contributed by atoms with E-state index in [-0.39, 0.29) is 17.8 Å². The van der Waals surface area contributed by atoms with E-state index in [1.807, 2.05) is 23.1 Å². The molecule has 0 spiro atoms. The van der Waals surface area contributed by atoms with Crippen LogP contribution in [0.15, 0.2) is 48.5 Å². The summed E-state index contributed by atoms with van der Waals surface area (Å²) >= 11 is 0. The lowest BCUT2D eigenvalue weighted by Gasteiger charge is -2.38. The molecule has 0 saturated carbocycles. The second-order valence-corrected chi connectivity index (χ2v) is 7.72. The van der Waals surface area contributed by atoms with Crippen LogP contribution in [0.1, 0.15) is 48.4 Å². The van der Waals surface area contributed by atoms with Crippen molar-refractivity contribution in [3.8, 4) is 0 Å². The van der Waals surface area contributed by atoms with Crippen molar-refractivity contribution in [2.75, 3.05) is 19.6 Å². The van der Waals surface area contributed by atoms with E-state index in [0.29, 0.717) is 12.3 Å². The van der Waals surface area contributed by atoms with Gasteiger partial charge in [-0.2, -0.15) is 0 Å². The Hall–Kier alpha value is -2.20. The summed E-state index contributed by atoms with van der Waals surface area (Å²) in [7, 11) is 0. The minimum Gasteiger partial charge on any atom is -0.331 e. The Morgan fingerprint density at radius 1 is 1.07 bits per heavy atom. The molecule has 1 fully saturated rings. The van der Waals surface area contributed by atoms with Crippen LogP contribution in [0.2, 0.25) is 0 Å². The number of carbonyl (C=O) groups is 1. The number of piperidine rings is 1. The standard InChI is InChI=1S/C23H27FN2O/c24-20-8-6-19(7-9-20)23-21-4-2-1-3-18(21)13-16-26(23)22(27)10-5-17-11-14-25-15-12-17/h1-4,6-9,17,23,25H,5,10-16H2/t23-/m0/s1. The van der Waals surface area contributed by atoms with Crippen LogP contribution in [-0.2, 0) is 11.2 Å². The molecule has 0 radical (unpaired) electrons. The number of hydrogen-bond donors (Lipinski definition) is 1. The van der Waals surface area contributed by atoms with Crippen molar-refractivity contribution >= 4 is 5.91 Å². The Kier molecular flexibility index (Phi) is 5.53. The zero-order valence-corrected chi connectivity index (χ0v) is 15.7. The SMILES string of the molecule is O=C(CCC1CCNCC1)N1CCc2ccccc2[C@@H]1c1ccc(F)cc1. The maximum Gasteiger partial charge on any atom is 0.223 e. The second-order valence-electron chi connectivity index (χ2n) is 7.72. The summed E-state index contributed by atoms with van der Waals surface area (Å²) in [5.41, 5.74) is 3.44. The maximum atomic E-state index is 13.4. The van der Waals surface area contributed by atoms with E-state index < -0.39 is 0 Å². The summed E-state index contributed by atoms with van der Waals surface area (Å²) in [6.07, 6.45) is 4.78. The monoisotopic (exact) mass is 366 g/mol. The van der Waals surface area contributed by atoms with Gasteiger partial charge in [-0.15, -0.1) is 0 Å². The van der Waals surface area contributed by atoms with Gasteiger partial charge in [-0.1, -0.05) is 36.4 Å². The quantitative estimate of drug-likeness (QED) is 0.884. The number of carbonyl (C=O) groups excluding carboxylic acids is 1. The van der Waals surface area contributed by atoms with E-state index in [0.717, 1.165) is 50.9 Å². The zero-order chi connectivity index (χ0) is 18.6. The van der Waals surface area contributed by atoms with Gasteiger partial charge in [0.15, 0.2) is 0 Å². The van der Waals surface area contributed by atoms with Crippen molar-refractivity contribution in [1.29, 1.82) is 0 Å². The molecule has 2 aromatic carbocycles. The molecule has 0 aliphatic carbocycles. The highest BCUT2D eigenvalue weighted by Crippen LogP contribution is 2.36. The molecule has 4 rings (SSSR count). The van der Waals surface area contributed by atoms with Gasteiger partial charge in [-0.25, -0.2) is 4.39 Å². The number of halogens is 1. The third-order valence-electron chi connectivity index (χ3n) is 6.01. The minimum absolute atomic E-state index is 0.115. The van der Waals surface area contributed by atoms with Crippen molar-refractivity contribution in [3.05, 3.63) is 71.0 Å². The Morgan fingerprint density at radius 3 is 2.59 bits per heavy atom. The number of amides is 1. The predicted molar refractivity (Wildman–Crippen MR) is 105 cm³/mol. The van der Waals surface area contributed by atoms with E-state index in [4.69, 9.17) is 0 Å². The van der Waals surface area contributed by atoms with Gasteiger partial charge >= 0.3 is 0 Å². The van der Waals surface area contributed by atoms with E-state index in [1.165, 1.54) is 23.3 Å². The first-order valence-corrected chi connectivity index (χ1v) is 10.1. The predicted octanol–water partition coefficient (Wildman–Crippen LogP) is 4.08. The van der Waals surface area contributed by atoms with Crippen molar-refractivity contribution in [1.82, 2.24) is 10.2 Å². The summed E-state index contributed by atoms with van der Waals surface area (Å²) in [5, 5.41) is 3.38. The molecule has 4 heteroatoms. The number of nitrogens with one attached hydrogen (secondary N) is 1. The topological polar surface area (TPSA) is 32.3 Å². The summed E-state index contributed by atoms with van der Waals surface area (Å²) in [5.74, 6) is 0.625. The van der Waals surface area contributed by atoms with E-state index >= 15 is 0 Å². The molecule has 27 heavy (non-hydrogen) atoms. The Labute approximate surface area is 160 Å². The van der Waals surface area contributed by atoms with Gasteiger partial charge in [0.25, 0.3) is 0 Å². The Balaban J connectivity index is 1.56. The van der Waals surface area contributed by atoms with Crippen molar-refractivity contribution < 1.29 is 9.18 Å². The second kappa shape index (κ2) is 8.22. The average Bonchev–Trinajstić information content (AvgIpc) is 2.72. The fourth-order valence-electron chi connectivity index (χ4n) is 4.48. The number of nitrogens with zero attached hydrogens (tertiary/aromatic N) is 1. The van der Waals surface area contributed by atoms with E-state index in [9.17, 15) is 9.18 Å². The van der Waals surface area contributed by atoms with Crippen molar-refractivity contribution in [2.24, 2.45) is 5.92 Å². The molecule has 1 atom stereocenters. The number of hydrogen-bond acceptors (Lipinski definition) is 2. The molecule has 142 valence electrons. The molecule has 1 N–H and O–H groups in total. The molecule has 2 aromatic rings. The first-order valence-electron chi connectivity index (χ1n) is 10.1. The van der Waals surface area contributed by atoms with Crippen LogP contribution in [0.25, 0.3) is 0 Å². The van der Waals surface area contributed by atoms with E-state index in [1.54, 1.807) is 0 Å². The van der Waals surface area contributed by atoms with Crippen LogP contribution in [0, 0.1) is 11.7 Å². The van der Waals surface area contributed by atoms with Gasteiger partial charge in [0.1, 0.15) is 5.82 Å². The zero-order valence-electron chi connectivity index (χ0n) is 15.7. The lowest BCUT2D eigenvalue weighted by Crippen LogP contribution is -2.40. The van der Waals surface area contributed by atoms with Gasteiger partial charge in [-0.3, -0.25) is 4.79 Å². The molecule has 2 heterocycles. The summed E-state index contributed by atoms with van der Waals surface area (Å²) in [6, 6.07) is 14.8. The highest BCUT2D eigenvalue weighted by atomic mass is 19.1. The van der Waals surface area contributed by atoms with Gasteiger partial charge in [0, 0.05) is 13.0 Å². The Morgan fingerprint density at radius 2 is 1.81 bits per heavy atom. The highest BCUT2D eigenvalue weighted by molar-refractivity contribution is 5.77. The smallest absolute Gasteiger partial charge is 0.223 e. The number of benzene rings is 2. The van der Waals surface area contributed by atoms with Crippen molar-refractivity contribution in [2.45, 2.75) is 38.1 Å². The van der Waals surface area contributed by atoms with Crippen LogP contribution < -0.4 is 5.32 Å². The molecule has 0 aromatic heterocycles. The number of fused-ring (bicyclic) bond motifs is 1. The minimum atomic E-state index is -0.244. The van der Waals surface area contributed by atoms with Crippen LogP contribution >= 0.6 is 0 Å². The third-order valence-corrected chi connectivity index (χ3v) is 6.01. The van der Waals surface area contributed by atoms with E-state index in [2.05, 4.69) is 23.5 Å². The molecule has 3 nitrogen and oxygen atoms in total. The first-order chi connectivity index (χ1) is 13.2. The van der Waals surface area contributed by atoms with Gasteiger partial charge < -0.3 is 10.2 Å². The van der Waals surface area contributed by atoms with Gasteiger partial charge in [-0.05, 0) is 73.5 Å². The lowest BCUT2D eigenvalue weighted by atomic mass is 9.87. The average molecular weight is 366 g/mol. The molecule has 1 amide bonds. The van der Waals surface area contributed by atoms with Gasteiger partial charge in [0.05, 0.1) is 6.04 Å². The summed E-state index contributed by atoms with van der Waals surface area (Å²) in [6.45, 7) is 2.85. The van der Waals surface area contributed by atoms with Crippen molar-refractivity contribution in [3.63, 3.8) is 0 Å². The summed E-state index contributed by atoms with van der Waals surface area (Å²) in [4.78, 5) is 15.1. The molecular weight excluding hydrogens is 339 g/mol.